The van der Waals surface area contributed by atoms with Crippen molar-refractivity contribution in [2.75, 3.05) is 24.5 Å². The van der Waals surface area contributed by atoms with E-state index < -0.39 is 12.6 Å². The Hall–Kier alpha value is -3.16. The van der Waals surface area contributed by atoms with Gasteiger partial charge in [0.05, 0.1) is 18.0 Å². The number of rotatable bonds is 5. The van der Waals surface area contributed by atoms with Crippen molar-refractivity contribution in [3.63, 3.8) is 0 Å². The highest BCUT2D eigenvalue weighted by Crippen LogP contribution is 2.33. The molecule has 1 atom stereocenters. The van der Waals surface area contributed by atoms with Crippen LogP contribution in [0.3, 0.4) is 0 Å². The number of nitriles is 1. The van der Waals surface area contributed by atoms with Crippen LogP contribution in [-0.4, -0.2) is 62.4 Å². The Morgan fingerprint density at radius 3 is 2.66 bits per heavy atom. The van der Waals surface area contributed by atoms with Crippen molar-refractivity contribution in [2.45, 2.75) is 44.8 Å². The molecule has 0 radical (unpaired) electrons. The van der Waals surface area contributed by atoms with E-state index >= 15 is 0 Å². The lowest BCUT2D eigenvalue weighted by atomic mass is 10.1. The predicted molar refractivity (Wildman–Crippen MR) is 109 cm³/mol. The molecule has 1 aliphatic heterocycles. The normalized spacial score (nSPS) is 19.2. The zero-order valence-corrected chi connectivity index (χ0v) is 17.9. The number of aromatic nitrogens is 4. The van der Waals surface area contributed by atoms with Gasteiger partial charge in [-0.1, -0.05) is 0 Å². The Bertz CT molecular complexity index is 1050. The van der Waals surface area contributed by atoms with Crippen molar-refractivity contribution < 1.29 is 18.0 Å². The second-order valence-electron chi connectivity index (χ2n) is 8.39. The van der Waals surface area contributed by atoms with Crippen LogP contribution in [0.4, 0.5) is 19.0 Å². The van der Waals surface area contributed by atoms with Gasteiger partial charge in [-0.15, -0.1) is 0 Å². The summed E-state index contributed by atoms with van der Waals surface area (Å²) in [5.41, 5.74) is 1.08. The van der Waals surface area contributed by atoms with Crippen molar-refractivity contribution in [1.29, 1.82) is 5.26 Å². The molecule has 1 amide bonds. The number of halogens is 3. The van der Waals surface area contributed by atoms with E-state index in [0.717, 1.165) is 12.8 Å². The molecular weight excluding hydrogens is 423 g/mol. The summed E-state index contributed by atoms with van der Waals surface area (Å²) < 4.78 is 39.7. The van der Waals surface area contributed by atoms with Crippen molar-refractivity contribution in [3.8, 4) is 17.5 Å². The van der Waals surface area contributed by atoms with E-state index in [9.17, 15) is 23.2 Å². The first-order valence-electron chi connectivity index (χ1n) is 10.6. The van der Waals surface area contributed by atoms with Gasteiger partial charge >= 0.3 is 6.18 Å². The molecule has 2 aromatic heterocycles. The van der Waals surface area contributed by atoms with Gasteiger partial charge < -0.3 is 9.80 Å². The van der Waals surface area contributed by atoms with E-state index in [1.165, 1.54) is 17.1 Å². The zero-order chi connectivity index (χ0) is 23.0. The molecule has 8 nitrogen and oxygen atoms in total. The first-order chi connectivity index (χ1) is 15.2. The standard InChI is InChI=1S/C21H24F3N7O/c1-13-12-30(7-8-31(13)20(32)14-3-4-14)19-15(9-25)10-26-18(28-19)16-11-27-29(2)17(16)5-6-21(22,23)24/h10-11,13-14H,3-8,12H2,1-2H3/t13-/m1/s1. The third-order valence-corrected chi connectivity index (χ3v) is 5.97. The Kier molecular flexibility index (Phi) is 5.79. The molecule has 11 heteroatoms. The number of piperazine rings is 1. The summed E-state index contributed by atoms with van der Waals surface area (Å²) in [6.07, 6.45) is -0.769. The van der Waals surface area contributed by atoms with Crippen LogP contribution in [0.2, 0.25) is 0 Å². The molecule has 0 bridgehead atoms. The summed E-state index contributed by atoms with van der Waals surface area (Å²) in [7, 11) is 1.58. The number of hydrogen-bond donors (Lipinski definition) is 0. The highest BCUT2D eigenvalue weighted by Gasteiger charge is 2.38. The lowest BCUT2D eigenvalue weighted by molar-refractivity contribution is -0.135. The second kappa shape index (κ2) is 8.41. The van der Waals surface area contributed by atoms with Crippen LogP contribution in [0.15, 0.2) is 12.4 Å². The molecule has 0 N–H and O–H groups in total. The monoisotopic (exact) mass is 447 g/mol. The van der Waals surface area contributed by atoms with Gasteiger partial charge in [0.1, 0.15) is 11.6 Å². The van der Waals surface area contributed by atoms with Crippen LogP contribution < -0.4 is 4.90 Å². The molecule has 32 heavy (non-hydrogen) atoms. The highest BCUT2D eigenvalue weighted by molar-refractivity contribution is 5.81. The number of anilines is 1. The van der Waals surface area contributed by atoms with Gasteiger partial charge in [0.15, 0.2) is 11.6 Å². The molecule has 1 saturated heterocycles. The Labute approximate surface area is 183 Å². The smallest absolute Gasteiger partial charge is 0.352 e. The van der Waals surface area contributed by atoms with E-state index in [1.807, 2.05) is 16.7 Å². The summed E-state index contributed by atoms with van der Waals surface area (Å²) in [4.78, 5) is 25.1. The molecule has 0 aromatic carbocycles. The minimum Gasteiger partial charge on any atom is -0.352 e. The Morgan fingerprint density at radius 1 is 1.28 bits per heavy atom. The number of carbonyl (C=O) groups is 1. The fourth-order valence-electron chi connectivity index (χ4n) is 4.07. The van der Waals surface area contributed by atoms with Gasteiger partial charge in [0, 0.05) is 50.8 Å². The third-order valence-electron chi connectivity index (χ3n) is 5.97. The van der Waals surface area contributed by atoms with Crippen LogP contribution in [0.25, 0.3) is 11.4 Å². The van der Waals surface area contributed by atoms with Gasteiger partial charge in [-0.2, -0.15) is 23.5 Å². The summed E-state index contributed by atoms with van der Waals surface area (Å²) >= 11 is 0. The third kappa shape index (κ3) is 4.54. The number of aryl methyl sites for hydroxylation is 1. The largest absolute Gasteiger partial charge is 0.389 e. The van der Waals surface area contributed by atoms with Crippen LogP contribution >= 0.6 is 0 Å². The number of nitrogens with zero attached hydrogens (tertiary/aromatic N) is 7. The molecule has 3 heterocycles. The van der Waals surface area contributed by atoms with E-state index in [1.54, 1.807) is 7.05 Å². The summed E-state index contributed by atoms with van der Waals surface area (Å²) in [5, 5.41) is 13.7. The van der Waals surface area contributed by atoms with Crippen LogP contribution in [0.5, 0.6) is 0 Å². The van der Waals surface area contributed by atoms with Crippen LogP contribution in [-0.2, 0) is 18.3 Å². The van der Waals surface area contributed by atoms with E-state index in [0.29, 0.717) is 36.7 Å². The van der Waals surface area contributed by atoms with Crippen molar-refractivity contribution in [3.05, 3.63) is 23.7 Å². The zero-order valence-electron chi connectivity index (χ0n) is 17.9. The highest BCUT2D eigenvalue weighted by atomic mass is 19.4. The molecule has 1 saturated carbocycles. The summed E-state index contributed by atoms with van der Waals surface area (Å²) in [5.74, 6) is 0.984. The number of amides is 1. The lowest BCUT2D eigenvalue weighted by Gasteiger charge is -2.40. The quantitative estimate of drug-likeness (QED) is 0.700. The molecule has 170 valence electrons. The molecule has 2 aliphatic rings. The maximum Gasteiger partial charge on any atom is 0.389 e. The predicted octanol–water partition coefficient (Wildman–Crippen LogP) is 2.69. The van der Waals surface area contributed by atoms with Gasteiger partial charge in [0.2, 0.25) is 5.91 Å². The van der Waals surface area contributed by atoms with E-state index in [-0.39, 0.29) is 35.7 Å². The molecule has 2 aromatic rings. The van der Waals surface area contributed by atoms with E-state index in [4.69, 9.17) is 0 Å². The first kappa shape index (κ1) is 22.0. The van der Waals surface area contributed by atoms with Crippen LogP contribution in [0, 0.1) is 17.2 Å². The summed E-state index contributed by atoms with van der Waals surface area (Å²) in [6, 6.07) is 2.06. The average Bonchev–Trinajstić information content (AvgIpc) is 3.53. The maximum atomic E-state index is 12.8. The summed E-state index contributed by atoms with van der Waals surface area (Å²) in [6.45, 7) is 3.53. The fraction of sp³-hybridized carbons (Fsp3) is 0.571. The Balaban J connectivity index is 1.59. The molecular formula is C21H24F3N7O. The second-order valence-corrected chi connectivity index (χ2v) is 8.39. The number of alkyl halides is 3. The fourth-order valence-corrected chi connectivity index (χ4v) is 4.07. The Morgan fingerprint density at radius 2 is 2.03 bits per heavy atom. The van der Waals surface area contributed by atoms with Gasteiger partial charge in [-0.3, -0.25) is 9.48 Å². The van der Waals surface area contributed by atoms with Gasteiger partial charge in [0.25, 0.3) is 0 Å². The maximum absolute atomic E-state index is 12.8. The first-order valence-corrected chi connectivity index (χ1v) is 10.6. The molecule has 2 fully saturated rings. The molecule has 0 spiro atoms. The number of hydrogen-bond acceptors (Lipinski definition) is 6. The lowest BCUT2D eigenvalue weighted by Crippen LogP contribution is -2.54. The minimum atomic E-state index is -4.29. The van der Waals surface area contributed by atoms with Crippen molar-refractivity contribution >= 4 is 11.7 Å². The van der Waals surface area contributed by atoms with Gasteiger partial charge in [-0.25, -0.2) is 9.97 Å². The topological polar surface area (TPSA) is 90.9 Å². The SMILES string of the molecule is C[C@@H]1CN(c2nc(-c3cnn(C)c3CCC(F)(F)F)ncc2C#N)CCN1C(=O)C1CC1. The van der Waals surface area contributed by atoms with E-state index in [2.05, 4.69) is 21.1 Å². The van der Waals surface area contributed by atoms with Gasteiger partial charge in [-0.05, 0) is 26.2 Å². The van der Waals surface area contributed by atoms with Crippen LogP contribution in [0.1, 0.15) is 37.4 Å². The molecule has 4 rings (SSSR count). The number of carbonyl (C=O) groups excluding carboxylic acids is 1. The average molecular weight is 447 g/mol. The van der Waals surface area contributed by atoms with Crippen molar-refractivity contribution in [2.24, 2.45) is 13.0 Å². The minimum absolute atomic E-state index is 0.0393. The molecule has 0 unspecified atom stereocenters. The van der Waals surface area contributed by atoms with Crippen molar-refractivity contribution in [1.82, 2.24) is 24.6 Å². The molecule has 1 aliphatic carbocycles.